The van der Waals surface area contributed by atoms with E-state index in [4.69, 9.17) is 23.2 Å². The van der Waals surface area contributed by atoms with Crippen LogP contribution in [0.3, 0.4) is 0 Å². The van der Waals surface area contributed by atoms with Gasteiger partial charge in [-0.3, -0.25) is 9.69 Å². The number of nitrogens with one attached hydrogen (secondary N) is 1. The van der Waals surface area contributed by atoms with Crippen LogP contribution in [0.2, 0.25) is 10.0 Å². The Balaban J connectivity index is 1.42. The van der Waals surface area contributed by atoms with Crippen molar-refractivity contribution in [3.05, 3.63) is 93.1 Å². The number of benzene rings is 2. The summed E-state index contributed by atoms with van der Waals surface area (Å²) in [7, 11) is 1.79. The molecule has 38 heavy (non-hydrogen) atoms. The molecular formula is C26H21Cl2F4N5O. The number of imidazole rings is 1. The SMILES string of the molecule is CN(Cc1ccc(C(F)(F)F)c(F)c1)[C@H]1CN(C(=O)c2cnc3nc[nH]c3c2)C[C@@H]1c1ccc(Cl)c(Cl)c1. The highest BCUT2D eigenvalue weighted by Gasteiger charge is 2.39. The second-order valence-corrected chi connectivity index (χ2v) is 10.1. The number of pyridine rings is 1. The molecule has 1 amide bonds. The number of carbonyl (C=O) groups excluding carboxylic acids is 1. The van der Waals surface area contributed by atoms with Gasteiger partial charge in [0.15, 0.2) is 5.65 Å². The van der Waals surface area contributed by atoms with Gasteiger partial charge < -0.3 is 9.88 Å². The zero-order chi connectivity index (χ0) is 27.2. The number of H-pyrrole nitrogens is 1. The van der Waals surface area contributed by atoms with Crippen LogP contribution < -0.4 is 0 Å². The lowest BCUT2D eigenvalue weighted by Gasteiger charge is -2.29. The molecular weight excluding hydrogens is 545 g/mol. The minimum atomic E-state index is -4.77. The van der Waals surface area contributed by atoms with Crippen molar-refractivity contribution in [3.8, 4) is 0 Å². The lowest BCUT2D eigenvalue weighted by Crippen LogP contribution is -2.38. The van der Waals surface area contributed by atoms with Gasteiger partial charge in [-0.05, 0) is 48.5 Å². The van der Waals surface area contributed by atoms with E-state index >= 15 is 0 Å². The lowest BCUT2D eigenvalue weighted by atomic mass is 9.93. The Labute approximate surface area is 225 Å². The van der Waals surface area contributed by atoms with Crippen LogP contribution in [0.15, 0.2) is 55.0 Å². The second kappa shape index (κ2) is 10.2. The molecule has 4 aromatic rings. The molecule has 198 valence electrons. The number of likely N-dealkylation sites (N-methyl/N-ethyl adjacent to an activating group) is 1. The highest BCUT2D eigenvalue weighted by Crippen LogP contribution is 2.36. The summed E-state index contributed by atoms with van der Waals surface area (Å²) in [6.45, 7) is 0.847. The van der Waals surface area contributed by atoms with Gasteiger partial charge in [0.1, 0.15) is 5.82 Å². The summed E-state index contributed by atoms with van der Waals surface area (Å²) < 4.78 is 53.2. The number of rotatable bonds is 5. The maximum absolute atomic E-state index is 14.2. The van der Waals surface area contributed by atoms with E-state index in [9.17, 15) is 22.4 Å². The molecule has 0 aliphatic carbocycles. The highest BCUT2D eigenvalue weighted by atomic mass is 35.5. The third-order valence-corrected chi connectivity index (χ3v) is 7.54. The molecule has 0 saturated carbocycles. The van der Waals surface area contributed by atoms with Gasteiger partial charge in [0, 0.05) is 37.8 Å². The average Bonchev–Trinajstić information content (AvgIpc) is 3.51. The van der Waals surface area contributed by atoms with Gasteiger partial charge in [-0.25, -0.2) is 14.4 Å². The first-order chi connectivity index (χ1) is 18.0. The Morgan fingerprint density at radius 1 is 1.11 bits per heavy atom. The number of hydrogen-bond donors (Lipinski definition) is 1. The summed E-state index contributed by atoms with van der Waals surface area (Å²) in [5.41, 5.74) is 1.45. The Hall–Kier alpha value is -3.21. The van der Waals surface area contributed by atoms with Crippen molar-refractivity contribution < 1.29 is 22.4 Å². The van der Waals surface area contributed by atoms with Gasteiger partial charge in [0.05, 0.1) is 33.0 Å². The summed E-state index contributed by atoms with van der Waals surface area (Å²) in [5.74, 6) is -1.74. The summed E-state index contributed by atoms with van der Waals surface area (Å²) in [6.07, 6.45) is -1.80. The number of likely N-dealkylation sites (tertiary alicyclic amines) is 1. The average molecular weight is 566 g/mol. The van der Waals surface area contributed by atoms with Crippen LogP contribution in [-0.2, 0) is 12.7 Å². The summed E-state index contributed by atoms with van der Waals surface area (Å²) in [4.78, 5) is 28.3. The van der Waals surface area contributed by atoms with Crippen LogP contribution in [0.4, 0.5) is 17.6 Å². The summed E-state index contributed by atoms with van der Waals surface area (Å²) in [5, 5.41) is 0.763. The molecule has 2 aromatic carbocycles. The van der Waals surface area contributed by atoms with Crippen LogP contribution in [-0.4, -0.2) is 56.8 Å². The van der Waals surface area contributed by atoms with Gasteiger partial charge in [-0.15, -0.1) is 0 Å². The van der Waals surface area contributed by atoms with Crippen LogP contribution in [0, 0.1) is 5.82 Å². The van der Waals surface area contributed by atoms with Crippen molar-refractivity contribution in [1.29, 1.82) is 0 Å². The van der Waals surface area contributed by atoms with Crippen molar-refractivity contribution in [1.82, 2.24) is 24.8 Å². The van der Waals surface area contributed by atoms with Gasteiger partial charge >= 0.3 is 6.18 Å². The molecule has 1 aliphatic rings. The number of nitrogens with zero attached hydrogens (tertiary/aromatic N) is 4. The molecule has 2 atom stereocenters. The van der Waals surface area contributed by atoms with E-state index in [2.05, 4.69) is 15.0 Å². The molecule has 0 radical (unpaired) electrons. The van der Waals surface area contributed by atoms with Gasteiger partial charge in [-0.2, -0.15) is 13.2 Å². The number of aromatic amines is 1. The van der Waals surface area contributed by atoms with Crippen molar-refractivity contribution in [2.75, 3.05) is 20.1 Å². The monoisotopic (exact) mass is 565 g/mol. The predicted molar refractivity (Wildman–Crippen MR) is 136 cm³/mol. The van der Waals surface area contributed by atoms with E-state index in [1.807, 2.05) is 11.0 Å². The van der Waals surface area contributed by atoms with E-state index in [-0.39, 0.29) is 24.4 Å². The number of carbonyl (C=O) groups is 1. The number of aromatic nitrogens is 3. The molecule has 5 rings (SSSR count). The van der Waals surface area contributed by atoms with Crippen LogP contribution >= 0.6 is 23.2 Å². The smallest absolute Gasteiger partial charge is 0.343 e. The van der Waals surface area contributed by atoms with Crippen LogP contribution in [0.1, 0.15) is 33.0 Å². The maximum Gasteiger partial charge on any atom is 0.419 e. The second-order valence-electron chi connectivity index (χ2n) is 9.28. The Bertz CT molecular complexity index is 1510. The first kappa shape index (κ1) is 26.4. The van der Waals surface area contributed by atoms with E-state index in [0.717, 1.165) is 17.7 Å². The Kier molecular flexibility index (Phi) is 7.06. The van der Waals surface area contributed by atoms with E-state index in [1.54, 1.807) is 30.1 Å². The summed E-state index contributed by atoms with van der Waals surface area (Å²) >= 11 is 12.4. The highest BCUT2D eigenvalue weighted by molar-refractivity contribution is 6.42. The van der Waals surface area contributed by atoms with Gasteiger partial charge in [0.25, 0.3) is 5.91 Å². The number of fused-ring (bicyclic) bond motifs is 1. The fourth-order valence-electron chi connectivity index (χ4n) is 4.89. The van der Waals surface area contributed by atoms with Crippen molar-refractivity contribution in [3.63, 3.8) is 0 Å². The molecule has 1 fully saturated rings. The molecule has 1 saturated heterocycles. The Morgan fingerprint density at radius 3 is 2.61 bits per heavy atom. The fraction of sp³-hybridized carbons (Fsp3) is 0.269. The zero-order valence-corrected chi connectivity index (χ0v) is 21.4. The van der Waals surface area contributed by atoms with E-state index in [0.29, 0.717) is 45.4 Å². The quantitative estimate of drug-likeness (QED) is 0.294. The van der Waals surface area contributed by atoms with Gasteiger partial charge in [0.2, 0.25) is 0 Å². The molecule has 0 spiro atoms. The van der Waals surface area contributed by atoms with Crippen molar-refractivity contribution >= 4 is 40.3 Å². The first-order valence-corrected chi connectivity index (χ1v) is 12.4. The van der Waals surface area contributed by atoms with Gasteiger partial charge in [-0.1, -0.05) is 35.3 Å². The third-order valence-electron chi connectivity index (χ3n) is 6.81. The molecule has 0 bridgehead atoms. The minimum absolute atomic E-state index is 0.168. The molecule has 0 unspecified atom stereocenters. The van der Waals surface area contributed by atoms with Crippen molar-refractivity contribution in [2.24, 2.45) is 0 Å². The molecule has 3 heterocycles. The molecule has 2 aromatic heterocycles. The molecule has 1 aliphatic heterocycles. The summed E-state index contributed by atoms with van der Waals surface area (Å²) in [6, 6.07) is 9.62. The predicted octanol–water partition coefficient (Wildman–Crippen LogP) is 6.16. The first-order valence-electron chi connectivity index (χ1n) is 11.6. The number of alkyl halides is 3. The Morgan fingerprint density at radius 2 is 1.89 bits per heavy atom. The molecule has 6 nitrogen and oxygen atoms in total. The fourth-order valence-corrected chi connectivity index (χ4v) is 5.20. The topological polar surface area (TPSA) is 65.1 Å². The van der Waals surface area contributed by atoms with Crippen molar-refractivity contribution in [2.45, 2.75) is 24.7 Å². The van der Waals surface area contributed by atoms with E-state index in [1.165, 1.54) is 18.6 Å². The minimum Gasteiger partial charge on any atom is -0.343 e. The zero-order valence-electron chi connectivity index (χ0n) is 19.9. The normalized spacial score (nSPS) is 18.1. The number of hydrogen-bond acceptors (Lipinski definition) is 4. The van der Waals surface area contributed by atoms with E-state index < -0.39 is 17.6 Å². The standard InChI is InChI=1S/C26H21Cl2F4N5O/c1-36(10-14-2-4-18(21(29)6-14)26(30,31)32)23-12-37(11-17(23)15-3-5-19(27)20(28)7-15)25(38)16-8-22-24(33-9-16)35-13-34-22/h2-9,13,17,23H,10-12H2,1H3,(H,33,34,35)/t17-,23+/m1/s1. The molecule has 1 N–H and O–H groups in total. The largest absolute Gasteiger partial charge is 0.419 e. The lowest BCUT2D eigenvalue weighted by molar-refractivity contribution is -0.140. The maximum atomic E-state index is 14.2. The number of halogens is 6. The van der Waals surface area contributed by atoms with Crippen LogP contribution in [0.25, 0.3) is 11.2 Å². The molecule has 12 heteroatoms. The third kappa shape index (κ3) is 5.21. The number of amides is 1. The van der Waals surface area contributed by atoms with Crippen LogP contribution in [0.5, 0.6) is 0 Å².